The lowest BCUT2D eigenvalue weighted by Gasteiger charge is -2.35. The molecule has 0 unspecified atom stereocenters. The van der Waals surface area contributed by atoms with Crippen molar-refractivity contribution in [2.45, 2.75) is 150 Å². The maximum Gasteiger partial charge on any atom is 0.293 e. The van der Waals surface area contributed by atoms with Crippen molar-refractivity contribution >= 4 is 69.9 Å². The quantitative estimate of drug-likeness (QED) is 0.0111. The number of aliphatic hydroxyl groups excluding tert-OH is 2. The molecule has 6 N–H and O–H groups in total. The third kappa shape index (κ3) is 18.7. The van der Waals surface area contributed by atoms with Gasteiger partial charge in [0, 0.05) is 134 Å². The molecule has 3 fully saturated rings. The number of allylic oxidation sites excluding steroid dienone is 1. The van der Waals surface area contributed by atoms with Gasteiger partial charge >= 0.3 is 0 Å². The van der Waals surface area contributed by atoms with E-state index in [2.05, 4.69) is 102 Å². The first-order valence-corrected chi connectivity index (χ1v) is 36.3. The Hall–Kier alpha value is -8.76. The number of oxazole rings is 1. The average molecular weight is 1390 g/mol. The summed E-state index contributed by atoms with van der Waals surface area (Å²) >= 11 is 0. The molecule has 5 aromatic heterocycles. The second-order valence-corrected chi connectivity index (χ2v) is 28.7. The van der Waals surface area contributed by atoms with Crippen LogP contribution in [0.5, 0.6) is 0 Å². The summed E-state index contributed by atoms with van der Waals surface area (Å²) in [6, 6.07) is 12.0. The van der Waals surface area contributed by atoms with E-state index < -0.39 is 6.10 Å². The normalized spacial score (nSPS) is 19.3. The number of ether oxygens (including phenoxy) is 2. The Bertz CT molecular complexity index is 4010. The molecule has 27 nitrogen and oxygen atoms in total. The first-order valence-electron chi connectivity index (χ1n) is 36.3. The van der Waals surface area contributed by atoms with Crippen LogP contribution in [-0.4, -0.2) is 215 Å². The molecule has 2 amide bonds. The highest BCUT2D eigenvalue weighted by molar-refractivity contribution is 5.99. The van der Waals surface area contributed by atoms with E-state index >= 15 is 0 Å². The molecule has 2 aromatic carbocycles. The number of hydrogen-bond acceptors (Lipinski definition) is 24. The fourth-order valence-electron chi connectivity index (χ4n) is 14.9. The van der Waals surface area contributed by atoms with E-state index in [-0.39, 0.29) is 48.5 Å². The third-order valence-electron chi connectivity index (χ3n) is 20.9. The molecule has 0 bridgehead atoms. The highest BCUT2D eigenvalue weighted by Crippen LogP contribution is 2.35. The lowest BCUT2D eigenvalue weighted by Crippen LogP contribution is -2.48. The van der Waals surface area contributed by atoms with Crippen LogP contribution in [0.3, 0.4) is 0 Å². The van der Waals surface area contributed by atoms with Gasteiger partial charge in [-0.05, 0) is 135 Å². The number of hydrogen-bond donors (Lipinski definition) is 4. The predicted molar refractivity (Wildman–Crippen MR) is 385 cm³/mol. The number of amides is 2. The van der Waals surface area contributed by atoms with E-state index in [0.29, 0.717) is 129 Å². The van der Waals surface area contributed by atoms with Gasteiger partial charge in [-0.2, -0.15) is 10.1 Å². The number of piperazine rings is 2. The molecular weight excluding hydrogens is 1280 g/mol. The van der Waals surface area contributed by atoms with E-state index in [1.54, 1.807) is 17.3 Å². The van der Waals surface area contributed by atoms with Crippen molar-refractivity contribution in [1.29, 1.82) is 0 Å². The van der Waals surface area contributed by atoms with Crippen molar-refractivity contribution in [2.24, 2.45) is 28.8 Å². The maximum absolute atomic E-state index is 13.8. The van der Waals surface area contributed by atoms with Crippen molar-refractivity contribution in [3.05, 3.63) is 106 Å². The first-order chi connectivity index (χ1) is 49.0. The molecule has 1 aliphatic carbocycles. The SMILES string of the molecule is C/C(=C\[C@@H](C)CC[C@@H](CCC1CCC(O)CC1)OC=O)[C@@H](O)C/C(=N/OCC(=O)N1CCc2nc(N3CCN(CCOCCN4CCN(c5ncc(C(=O)N6CCc7cc(Cn8nc(-c9ccc%10oc(N)nc%10c9)c9c(N)ncnc98)ccc7C6)cn5)CC4)CC3)ncc2C1)[C@H](C)CC(C)C. The monoisotopic (exact) mass is 1380 g/mol. The molecule has 540 valence electrons. The summed E-state index contributed by atoms with van der Waals surface area (Å²) in [5.41, 5.74) is 22.7. The zero-order valence-corrected chi connectivity index (χ0v) is 59.2. The van der Waals surface area contributed by atoms with Gasteiger partial charge in [0.1, 0.15) is 29.5 Å². The number of nitrogen functional groups attached to an aromatic ring is 2. The van der Waals surface area contributed by atoms with Gasteiger partial charge in [-0.3, -0.25) is 24.2 Å². The fraction of sp³-hybridized carbons (Fsp3) is 0.568. The third-order valence-corrected chi connectivity index (χ3v) is 20.9. The molecule has 4 aliphatic heterocycles. The Kier molecular flexibility index (Phi) is 24.1. The van der Waals surface area contributed by atoms with E-state index in [1.165, 1.54) is 11.9 Å². The Morgan fingerprint density at radius 3 is 2.22 bits per heavy atom. The summed E-state index contributed by atoms with van der Waals surface area (Å²) in [5, 5.41) is 31.5. The molecule has 1 saturated carbocycles. The fourth-order valence-corrected chi connectivity index (χ4v) is 14.9. The summed E-state index contributed by atoms with van der Waals surface area (Å²) < 4.78 is 19.0. The first kappa shape index (κ1) is 72.0. The summed E-state index contributed by atoms with van der Waals surface area (Å²) in [7, 11) is 0. The van der Waals surface area contributed by atoms with Crippen LogP contribution in [0.2, 0.25) is 0 Å². The van der Waals surface area contributed by atoms with Crippen molar-refractivity contribution < 1.29 is 43.3 Å². The van der Waals surface area contributed by atoms with Crippen molar-refractivity contribution in [3.63, 3.8) is 0 Å². The molecule has 7 aromatic rings. The van der Waals surface area contributed by atoms with Crippen LogP contribution in [0.25, 0.3) is 33.4 Å². The number of aromatic nitrogens is 9. The Morgan fingerprint density at radius 2 is 1.49 bits per heavy atom. The van der Waals surface area contributed by atoms with Crippen LogP contribution in [0, 0.1) is 23.7 Å². The van der Waals surface area contributed by atoms with Gasteiger partial charge in [-0.15, -0.1) is 0 Å². The van der Waals surface area contributed by atoms with Crippen LogP contribution < -0.4 is 21.3 Å². The molecule has 9 heterocycles. The molecule has 4 atom stereocenters. The van der Waals surface area contributed by atoms with Crippen molar-refractivity contribution in [1.82, 2.24) is 64.3 Å². The number of rotatable bonds is 30. The van der Waals surface area contributed by atoms with Gasteiger partial charge in [0.15, 0.2) is 17.8 Å². The Morgan fingerprint density at radius 1 is 0.772 bits per heavy atom. The standard InChI is InChI=1S/C74H100N18O9/c1-48(2)34-50(4)62(38-64(95)51(5)35-49(3)6-15-60(99-47-93)16-10-52-8-13-59(94)14-9-52)85-100-45-66(96)90-21-19-61-58(44-90)41-79-74(83-61)89-28-24-87(25-29-89)31-33-98-32-30-86-22-26-88(27-23-86)73-77-39-57(40-78-73)71(97)91-20-18-54-36-53(7-11-56(54)43-91)42-92-70-67(69(75)80-46-81-70)68(84-92)55-12-17-65-63(37-55)82-72(76)101-65/h7,11-12,17,35-37,39-41,46-50,52,59-60,64,94-95H,6,8-10,13-16,18-34,38,42-45H2,1-5H3,(H2,76,82)(H2,75,80,81)/b51-35+,85-62-/t49-,50+,52?,59?,60-,64-/m0/s1. The van der Waals surface area contributed by atoms with E-state index in [1.807, 2.05) is 40.9 Å². The summed E-state index contributed by atoms with van der Waals surface area (Å²) in [5.74, 6) is 2.61. The second kappa shape index (κ2) is 33.8. The molecule has 0 spiro atoms. The maximum atomic E-state index is 13.8. The average Bonchev–Trinajstić information content (AvgIpc) is 1.65. The molecule has 12 rings (SSSR count). The van der Waals surface area contributed by atoms with Gasteiger partial charge in [0.2, 0.25) is 11.9 Å². The lowest BCUT2D eigenvalue weighted by molar-refractivity contribution is -0.137. The van der Waals surface area contributed by atoms with Crippen LogP contribution in [-0.2, 0) is 56.4 Å². The smallest absolute Gasteiger partial charge is 0.293 e. The van der Waals surface area contributed by atoms with E-state index in [4.69, 9.17) is 45.3 Å². The summed E-state index contributed by atoms with van der Waals surface area (Å²) in [6.07, 6.45) is 17.2. The van der Waals surface area contributed by atoms with Crippen LogP contribution >= 0.6 is 0 Å². The number of oxime groups is 1. The number of carbonyl (C=O) groups is 3. The zero-order valence-electron chi connectivity index (χ0n) is 59.2. The molecular formula is C74H100N18O9. The van der Waals surface area contributed by atoms with Crippen LogP contribution in [0.15, 0.2) is 82.5 Å². The number of fused-ring (bicyclic) bond motifs is 4. The number of nitrogens with zero attached hydrogens (tertiary/aromatic N) is 16. The molecule has 2 saturated heterocycles. The predicted octanol–water partition coefficient (Wildman–Crippen LogP) is 7.51. The molecule has 0 radical (unpaired) electrons. The van der Waals surface area contributed by atoms with Crippen molar-refractivity contribution in [2.75, 3.05) is 120 Å². The largest absolute Gasteiger partial charge is 0.465 e. The number of anilines is 4. The molecule has 5 aliphatic rings. The van der Waals surface area contributed by atoms with Crippen molar-refractivity contribution in [3.8, 4) is 11.3 Å². The number of carbonyl (C=O) groups excluding carboxylic acids is 3. The van der Waals surface area contributed by atoms with Crippen LogP contribution in [0.1, 0.15) is 137 Å². The van der Waals surface area contributed by atoms with E-state index in [0.717, 1.165) is 168 Å². The number of aliphatic hydroxyl groups is 2. The minimum atomic E-state index is -0.764. The number of nitrogens with two attached hydrogens (primary N) is 2. The highest BCUT2D eigenvalue weighted by Gasteiger charge is 2.30. The van der Waals surface area contributed by atoms with Gasteiger partial charge < -0.3 is 60.0 Å². The van der Waals surface area contributed by atoms with E-state index in [9.17, 15) is 24.6 Å². The van der Waals surface area contributed by atoms with Gasteiger partial charge in [-0.1, -0.05) is 57.1 Å². The van der Waals surface area contributed by atoms with Gasteiger partial charge in [-0.25, -0.2) is 34.6 Å². The lowest BCUT2D eigenvalue weighted by atomic mass is 9.83. The molecule has 101 heavy (non-hydrogen) atoms. The number of benzene rings is 2. The summed E-state index contributed by atoms with van der Waals surface area (Å²) in [6.45, 7) is 23.0. The highest BCUT2D eigenvalue weighted by atomic mass is 16.6. The van der Waals surface area contributed by atoms with Crippen LogP contribution in [0.4, 0.5) is 23.7 Å². The zero-order chi connectivity index (χ0) is 70.5. The minimum absolute atomic E-state index is 0.0429. The van der Waals surface area contributed by atoms with Gasteiger partial charge in [0.05, 0.1) is 54.3 Å². The molecule has 27 heteroatoms. The minimum Gasteiger partial charge on any atom is -0.465 e. The topological polar surface area (TPSA) is 324 Å². The Balaban J connectivity index is 0.522. The van der Waals surface area contributed by atoms with Gasteiger partial charge in [0.25, 0.3) is 24.3 Å². The summed E-state index contributed by atoms with van der Waals surface area (Å²) in [4.78, 5) is 89.6. The Labute approximate surface area is 590 Å². The second-order valence-electron chi connectivity index (χ2n) is 28.7.